The first-order valence-electron chi connectivity index (χ1n) is 13.6. The standard InChI is InChI=1S/C29H33N9O/c30-15-22-13-26-5-7-32-28(39)20-37-10-8-36(9-11-37)18-21-2-1-3-25(12-21)35-27-14-23(4-6-31-27)24-16-33-29(34-17-24)38(26)19-22/h1-4,6,12,14,16-17,22,26H,5,7-11,13,18-20H2,(H,31,35)(H,32,39). The van der Waals surface area contributed by atoms with Crippen molar-refractivity contribution in [1.82, 2.24) is 30.1 Å². The van der Waals surface area contributed by atoms with Gasteiger partial charge in [0.25, 0.3) is 0 Å². The second kappa shape index (κ2) is 11.4. The molecule has 8 heterocycles. The summed E-state index contributed by atoms with van der Waals surface area (Å²) in [4.78, 5) is 33.3. The van der Waals surface area contributed by atoms with Gasteiger partial charge in [-0.2, -0.15) is 5.26 Å². The maximum Gasteiger partial charge on any atom is 0.234 e. The molecule has 2 aromatic heterocycles. The van der Waals surface area contributed by atoms with Crippen molar-refractivity contribution in [2.45, 2.75) is 25.4 Å². The summed E-state index contributed by atoms with van der Waals surface area (Å²) in [6.07, 6.45) is 6.95. The Hall–Kier alpha value is -4.07. The van der Waals surface area contributed by atoms with Gasteiger partial charge in [-0.25, -0.2) is 15.0 Å². The quantitative estimate of drug-likeness (QED) is 0.459. The number of anilines is 3. The summed E-state index contributed by atoms with van der Waals surface area (Å²) < 4.78 is 0. The van der Waals surface area contributed by atoms with E-state index >= 15 is 0 Å². The molecule has 3 aromatic rings. The average Bonchev–Trinajstić information content (AvgIpc) is 3.37. The van der Waals surface area contributed by atoms with Gasteiger partial charge in [0.15, 0.2) is 0 Å². The van der Waals surface area contributed by atoms with Crippen LogP contribution in [-0.2, 0) is 11.3 Å². The molecular formula is C29H33N9O. The number of nitrogens with zero attached hydrogens (tertiary/aromatic N) is 7. The fourth-order valence-corrected chi connectivity index (χ4v) is 5.72. The number of nitrogens with one attached hydrogen (secondary N) is 2. The average molecular weight is 524 g/mol. The Bertz CT molecular complexity index is 1350. The number of rotatable bonds is 0. The van der Waals surface area contributed by atoms with E-state index in [9.17, 15) is 10.1 Å². The second-order valence-corrected chi connectivity index (χ2v) is 10.6. The van der Waals surface area contributed by atoms with E-state index in [1.165, 1.54) is 5.56 Å². The minimum atomic E-state index is -0.0730. The van der Waals surface area contributed by atoms with E-state index in [1.807, 2.05) is 24.5 Å². The molecule has 10 nitrogen and oxygen atoms in total. The van der Waals surface area contributed by atoms with Gasteiger partial charge >= 0.3 is 0 Å². The predicted octanol–water partition coefficient (Wildman–Crippen LogP) is 2.64. The topological polar surface area (TPSA) is 113 Å². The van der Waals surface area contributed by atoms with Crippen molar-refractivity contribution in [3.63, 3.8) is 0 Å². The van der Waals surface area contributed by atoms with Gasteiger partial charge in [0, 0.05) is 81.7 Å². The van der Waals surface area contributed by atoms with Gasteiger partial charge in [0.05, 0.1) is 18.5 Å². The molecule has 1 amide bonds. The number of carbonyl (C=O) groups excluding carboxylic acids is 1. The van der Waals surface area contributed by atoms with Gasteiger partial charge in [0.1, 0.15) is 5.82 Å². The molecule has 0 spiro atoms. The van der Waals surface area contributed by atoms with Crippen LogP contribution in [0.4, 0.5) is 17.5 Å². The molecule has 200 valence electrons. The van der Waals surface area contributed by atoms with Crippen molar-refractivity contribution >= 4 is 23.4 Å². The van der Waals surface area contributed by atoms with Crippen molar-refractivity contribution in [2.75, 3.05) is 56.0 Å². The molecule has 39 heavy (non-hydrogen) atoms. The van der Waals surface area contributed by atoms with Crippen molar-refractivity contribution in [3.8, 4) is 17.2 Å². The van der Waals surface area contributed by atoms with E-state index in [0.29, 0.717) is 25.6 Å². The first-order valence-corrected chi connectivity index (χ1v) is 13.6. The molecule has 1 aromatic carbocycles. The van der Waals surface area contributed by atoms with Crippen LogP contribution in [0.3, 0.4) is 0 Å². The minimum absolute atomic E-state index is 0.0537. The largest absolute Gasteiger partial charge is 0.355 e. The van der Waals surface area contributed by atoms with E-state index in [-0.39, 0.29) is 17.9 Å². The van der Waals surface area contributed by atoms with Crippen LogP contribution in [0.15, 0.2) is 55.0 Å². The molecule has 0 aliphatic carbocycles. The molecular weight excluding hydrogens is 490 g/mol. The monoisotopic (exact) mass is 523 g/mol. The van der Waals surface area contributed by atoms with Gasteiger partial charge in [-0.05, 0) is 48.2 Å². The van der Waals surface area contributed by atoms with Crippen molar-refractivity contribution < 1.29 is 4.79 Å². The minimum Gasteiger partial charge on any atom is -0.355 e. The van der Waals surface area contributed by atoms with Crippen LogP contribution in [-0.4, -0.2) is 82.5 Å². The molecule has 2 saturated heterocycles. The highest BCUT2D eigenvalue weighted by Crippen LogP contribution is 2.30. The summed E-state index contributed by atoms with van der Waals surface area (Å²) in [6, 6.07) is 14.9. The number of amides is 1. The Balaban J connectivity index is 1.27. The maximum atomic E-state index is 12.7. The van der Waals surface area contributed by atoms with Crippen LogP contribution >= 0.6 is 0 Å². The number of pyridine rings is 1. The van der Waals surface area contributed by atoms with Crippen LogP contribution in [0.5, 0.6) is 0 Å². The van der Waals surface area contributed by atoms with Crippen molar-refractivity contribution in [3.05, 3.63) is 60.6 Å². The molecule has 10 heteroatoms. The van der Waals surface area contributed by atoms with Crippen LogP contribution < -0.4 is 15.5 Å². The Morgan fingerprint density at radius 3 is 2.54 bits per heavy atom. The lowest BCUT2D eigenvalue weighted by molar-refractivity contribution is -0.122. The number of piperazine rings is 1. The first kappa shape index (κ1) is 25.2. The lowest BCUT2D eigenvalue weighted by atomic mass is 10.1. The first-order chi connectivity index (χ1) is 19.1. The van der Waals surface area contributed by atoms with Gasteiger partial charge in [-0.3, -0.25) is 14.6 Å². The highest BCUT2D eigenvalue weighted by Gasteiger charge is 2.33. The summed E-state index contributed by atoms with van der Waals surface area (Å²) in [6.45, 7) is 6.05. The molecule has 2 unspecified atom stereocenters. The number of nitriles is 1. The predicted molar refractivity (Wildman–Crippen MR) is 149 cm³/mol. The molecule has 6 aliphatic rings. The molecule has 0 saturated carbocycles. The second-order valence-electron chi connectivity index (χ2n) is 10.6. The zero-order valence-corrected chi connectivity index (χ0v) is 22.0. The molecule has 2 fully saturated rings. The zero-order chi connectivity index (χ0) is 26.6. The van der Waals surface area contributed by atoms with Crippen LogP contribution in [0.2, 0.25) is 0 Å². The fourth-order valence-electron chi connectivity index (χ4n) is 5.72. The number of carbonyl (C=O) groups is 1. The SMILES string of the molecule is N#CC1CC2CCNC(=O)CN3CCN(CC3)Cc3cccc(c3)Nc3cc(ccn3)-c3cnc(nc3)N2C1. The molecule has 2 N–H and O–H groups in total. The third-order valence-corrected chi connectivity index (χ3v) is 7.82. The van der Waals surface area contributed by atoms with Crippen LogP contribution in [0.25, 0.3) is 11.1 Å². The molecule has 8 bridgehead atoms. The normalized spacial score (nSPS) is 25.3. The van der Waals surface area contributed by atoms with Gasteiger partial charge < -0.3 is 15.5 Å². The van der Waals surface area contributed by atoms with Gasteiger partial charge in [0.2, 0.25) is 11.9 Å². The molecule has 0 radical (unpaired) electrons. The Morgan fingerprint density at radius 2 is 1.74 bits per heavy atom. The molecule has 6 aliphatic heterocycles. The lowest BCUT2D eigenvalue weighted by Gasteiger charge is -2.34. The highest BCUT2D eigenvalue weighted by atomic mass is 16.2. The van der Waals surface area contributed by atoms with Crippen LogP contribution in [0, 0.1) is 17.2 Å². The van der Waals surface area contributed by atoms with E-state index in [2.05, 4.69) is 70.6 Å². The smallest absolute Gasteiger partial charge is 0.234 e. The third kappa shape index (κ3) is 6.00. The summed E-state index contributed by atoms with van der Waals surface area (Å²) in [5, 5.41) is 16.1. The van der Waals surface area contributed by atoms with Gasteiger partial charge in [-0.15, -0.1) is 0 Å². The van der Waals surface area contributed by atoms with Crippen LogP contribution in [0.1, 0.15) is 18.4 Å². The third-order valence-electron chi connectivity index (χ3n) is 7.82. The summed E-state index contributed by atoms with van der Waals surface area (Å²) >= 11 is 0. The van der Waals surface area contributed by atoms with Gasteiger partial charge in [-0.1, -0.05) is 12.1 Å². The van der Waals surface area contributed by atoms with Crippen molar-refractivity contribution in [2.24, 2.45) is 5.92 Å². The van der Waals surface area contributed by atoms with E-state index in [0.717, 1.165) is 68.2 Å². The number of aromatic nitrogens is 3. The fraction of sp³-hybridized carbons (Fsp3) is 0.414. The molecule has 2 atom stereocenters. The summed E-state index contributed by atoms with van der Waals surface area (Å²) in [5.41, 5.74) is 4.10. The highest BCUT2D eigenvalue weighted by molar-refractivity contribution is 5.78. The van der Waals surface area contributed by atoms with E-state index in [4.69, 9.17) is 0 Å². The number of hydrogen-bond acceptors (Lipinski definition) is 9. The summed E-state index contributed by atoms with van der Waals surface area (Å²) in [5.74, 6) is 1.36. The van der Waals surface area contributed by atoms with E-state index < -0.39 is 0 Å². The van der Waals surface area contributed by atoms with Crippen molar-refractivity contribution in [1.29, 1.82) is 5.26 Å². The Morgan fingerprint density at radius 1 is 0.949 bits per heavy atom. The maximum absolute atomic E-state index is 12.7. The lowest BCUT2D eigenvalue weighted by Crippen LogP contribution is -2.49. The zero-order valence-electron chi connectivity index (χ0n) is 22.0. The van der Waals surface area contributed by atoms with E-state index in [1.54, 1.807) is 6.20 Å². The number of hydrogen-bond donors (Lipinski definition) is 2. The molecule has 9 rings (SSSR count). The Labute approximate surface area is 228 Å². The Kier molecular flexibility index (Phi) is 7.34. The summed E-state index contributed by atoms with van der Waals surface area (Å²) in [7, 11) is 0. The number of benzene rings is 1.